The molecule has 2 nitrogen and oxygen atoms in total. The zero-order valence-electron chi connectivity index (χ0n) is 2.22. The topological polar surface area (TPSA) is 34.1 Å². The third-order valence-corrected chi connectivity index (χ3v) is 0.806. The minimum atomic E-state index is -2.92. The maximum absolute atomic E-state index is 9.52. The lowest BCUT2D eigenvalue weighted by Crippen LogP contribution is -1.65. The molecule has 0 amide bonds. The molecule has 0 saturated carbocycles. The first-order valence-corrected chi connectivity index (χ1v) is 2.47. The molecule has 26 valence electrons. The Kier molecular flexibility index (Phi) is 0.214. The second kappa shape index (κ2) is 0.392. The van der Waals surface area contributed by atoms with Crippen LogP contribution in [-0.2, 0) is 9.84 Å². The van der Waals surface area contributed by atoms with Crippen molar-refractivity contribution in [3.63, 3.8) is 0 Å². The fraction of sp³-hybridized carbons (Fsp3) is 0. The quantitative estimate of drug-likeness (QED) is 0.368. The highest BCUT2D eigenvalue weighted by atomic mass is 32.2. The molecule has 1 heterocycles. The van der Waals surface area contributed by atoms with E-state index < -0.39 is 9.84 Å². The van der Waals surface area contributed by atoms with E-state index in [0.29, 0.717) is 0 Å². The molecule has 1 aliphatic heterocycles. The molecule has 0 aromatic rings. The molecule has 1 rings (SSSR count). The number of rotatable bonds is 0. The molecular weight excluding hydrogens is 88.1 g/mol. The second-order valence-electron chi connectivity index (χ2n) is 0.708. The van der Waals surface area contributed by atoms with Crippen LogP contribution in [0, 0.1) is 10.5 Å². The second-order valence-corrected chi connectivity index (χ2v) is 2.12. The molecule has 0 spiro atoms. The molecule has 0 unspecified atom stereocenters. The van der Waals surface area contributed by atoms with Crippen LogP contribution < -0.4 is 0 Å². The summed E-state index contributed by atoms with van der Waals surface area (Å²) in [5.74, 6) is 0. The molecule has 0 aromatic heterocycles. The van der Waals surface area contributed by atoms with Crippen molar-refractivity contribution in [2.24, 2.45) is 0 Å². The highest BCUT2D eigenvalue weighted by Crippen LogP contribution is 1.93. The first kappa shape index (κ1) is 2.73. The molecule has 0 atom stereocenters. The van der Waals surface area contributed by atoms with Gasteiger partial charge in [-0.1, -0.05) is 0 Å². The normalized spacial score (nSPS) is 23.2. The van der Waals surface area contributed by atoms with Crippen LogP contribution in [-0.4, -0.2) is 8.42 Å². The van der Waals surface area contributed by atoms with Crippen molar-refractivity contribution in [3.05, 3.63) is 0 Å². The average molecular weight is 88.1 g/mol. The van der Waals surface area contributed by atoms with Gasteiger partial charge in [-0.15, -0.1) is 0 Å². The zero-order chi connectivity index (χ0) is 3.91. The molecule has 0 N–H and O–H groups in total. The zero-order valence-corrected chi connectivity index (χ0v) is 3.04. The van der Waals surface area contributed by atoms with Gasteiger partial charge in [0, 0.05) is 0 Å². The molecule has 5 heavy (non-hydrogen) atoms. The van der Waals surface area contributed by atoms with Crippen molar-refractivity contribution in [1.82, 2.24) is 0 Å². The van der Waals surface area contributed by atoms with Gasteiger partial charge in [0.05, 0.1) is 10.5 Å². The maximum Gasteiger partial charge on any atom is 0.286 e. The van der Waals surface area contributed by atoms with Gasteiger partial charge < -0.3 is 0 Å². The lowest BCUT2D eigenvalue weighted by Gasteiger charge is -1.46. The van der Waals surface area contributed by atoms with Gasteiger partial charge in [-0.2, -0.15) is 0 Å². The van der Waals surface area contributed by atoms with Gasteiger partial charge in [0.15, 0.2) is 0 Å². The predicted molar refractivity (Wildman–Crippen MR) is 16.7 cm³/mol. The molecule has 3 heteroatoms. The van der Waals surface area contributed by atoms with E-state index in [1.807, 2.05) is 10.5 Å². The Hall–Kier alpha value is -0.490. The SMILES string of the molecule is O=S1(=O)C#C1. The van der Waals surface area contributed by atoms with Crippen LogP contribution >= 0.6 is 0 Å². The standard InChI is InChI=1S/C2O2S/c3-5(4)1-2-5. The molecule has 0 fully saturated rings. The molecule has 0 radical (unpaired) electrons. The van der Waals surface area contributed by atoms with E-state index in [1.165, 1.54) is 0 Å². The van der Waals surface area contributed by atoms with Crippen molar-refractivity contribution in [2.75, 3.05) is 0 Å². The van der Waals surface area contributed by atoms with Crippen molar-refractivity contribution in [2.45, 2.75) is 0 Å². The van der Waals surface area contributed by atoms with Crippen LogP contribution in [0.4, 0.5) is 0 Å². The summed E-state index contributed by atoms with van der Waals surface area (Å²) in [6, 6.07) is 0. The highest BCUT2D eigenvalue weighted by Gasteiger charge is 2.09. The fourth-order valence-electron chi connectivity index (χ4n) is 0.0340. The average Bonchev–Trinajstić information content (AvgIpc) is 1.76. The molecule has 0 bridgehead atoms. The minimum Gasteiger partial charge on any atom is -0.202 e. The summed E-state index contributed by atoms with van der Waals surface area (Å²) in [6.45, 7) is 0. The van der Waals surface area contributed by atoms with Gasteiger partial charge in [-0.3, -0.25) is 0 Å². The van der Waals surface area contributed by atoms with Gasteiger partial charge in [0.2, 0.25) is 0 Å². The molecular formula is C2O2S. The van der Waals surface area contributed by atoms with Crippen molar-refractivity contribution < 1.29 is 8.42 Å². The van der Waals surface area contributed by atoms with Crippen LogP contribution in [0.1, 0.15) is 0 Å². The Morgan fingerprint density at radius 1 is 1.20 bits per heavy atom. The predicted octanol–water partition coefficient (Wildman–Crippen LogP) is -0.667. The van der Waals surface area contributed by atoms with Crippen LogP contribution in [0.2, 0.25) is 0 Å². The Balaban J connectivity index is 3.32. The van der Waals surface area contributed by atoms with Gasteiger partial charge in [0.25, 0.3) is 9.84 Å². The molecule has 1 aliphatic rings. The van der Waals surface area contributed by atoms with Gasteiger partial charge >= 0.3 is 0 Å². The number of hydrogen-bond acceptors (Lipinski definition) is 2. The fourth-order valence-corrected chi connectivity index (χ4v) is 0.306. The number of sulfone groups is 1. The monoisotopic (exact) mass is 88.0 g/mol. The summed E-state index contributed by atoms with van der Waals surface area (Å²) in [4.78, 5) is 0. The minimum absolute atomic E-state index is 1.90. The summed E-state index contributed by atoms with van der Waals surface area (Å²) >= 11 is 0. The van der Waals surface area contributed by atoms with Crippen LogP contribution in [0.15, 0.2) is 0 Å². The van der Waals surface area contributed by atoms with Gasteiger partial charge in [-0.25, -0.2) is 8.42 Å². The van der Waals surface area contributed by atoms with Crippen LogP contribution in [0.25, 0.3) is 0 Å². The lowest BCUT2D eigenvalue weighted by atomic mass is 11.4. The summed E-state index contributed by atoms with van der Waals surface area (Å²) in [5.41, 5.74) is 0. The first-order valence-electron chi connectivity index (χ1n) is 0.992. The lowest BCUT2D eigenvalue weighted by molar-refractivity contribution is 0.618. The summed E-state index contributed by atoms with van der Waals surface area (Å²) in [7, 11) is -2.92. The summed E-state index contributed by atoms with van der Waals surface area (Å²) in [5, 5.41) is 3.79. The van der Waals surface area contributed by atoms with E-state index in [-0.39, 0.29) is 0 Å². The highest BCUT2D eigenvalue weighted by molar-refractivity contribution is 8.06. The third kappa shape index (κ3) is 0.393. The van der Waals surface area contributed by atoms with E-state index in [1.54, 1.807) is 0 Å². The smallest absolute Gasteiger partial charge is 0.202 e. The molecule has 0 aliphatic carbocycles. The van der Waals surface area contributed by atoms with Gasteiger partial charge in [0.1, 0.15) is 0 Å². The van der Waals surface area contributed by atoms with Gasteiger partial charge in [-0.05, 0) is 0 Å². The summed E-state index contributed by atoms with van der Waals surface area (Å²) < 4.78 is 19.0. The molecule has 0 saturated heterocycles. The van der Waals surface area contributed by atoms with Crippen molar-refractivity contribution in [3.8, 4) is 10.5 Å². The largest absolute Gasteiger partial charge is 0.286 e. The van der Waals surface area contributed by atoms with Crippen LogP contribution in [0.3, 0.4) is 0 Å². The number of hydrogen-bond donors (Lipinski definition) is 0. The Morgan fingerprint density at radius 3 is 1.40 bits per heavy atom. The van der Waals surface area contributed by atoms with E-state index >= 15 is 0 Å². The Morgan fingerprint density at radius 2 is 1.40 bits per heavy atom. The van der Waals surface area contributed by atoms with Crippen molar-refractivity contribution >= 4 is 9.84 Å². The van der Waals surface area contributed by atoms with E-state index in [9.17, 15) is 8.42 Å². The van der Waals surface area contributed by atoms with E-state index in [2.05, 4.69) is 0 Å². The van der Waals surface area contributed by atoms with E-state index in [4.69, 9.17) is 0 Å². The third-order valence-electron chi connectivity index (χ3n) is 0.269. The van der Waals surface area contributed by atoms with Crippen LogP contribution in [0.5, 0.6) is 0 Å². The van der Waals surface area contributed by atoms with Crippen molar-refractivity contribution in [1.29, 1.82) is 0 Å². The Labute approximate surface area is 29.7 Å². The Bertz CT molecular complexity index is 173. The summed E-state index contributed by atoms with van der Waals surface area (Å²) in [6.07, 6.45) is 0. The first-order chi connectivity index (χ1) is 2.21. The molecule has 0 aromatic carbocycles. The van der Waals surface area contributed by atoms with E-state index in [0.717, 1.165) is 0 Å². The maximum atomic E-state index is 9.52.